The van der Waals surface area contributed by atoms with Crippen molar-refractivity contribution in [3.8, 4) is 0 Å². The van der Waals surface area contributed by atoms with E-state index in [1.807, 2.05) is 11.8 Å². The Kier molecular flexibility index (Phi) is 10.7. The highest BCUT2D eigenvalue weighted by Crippen LogP contribution is 2.30. The van der Waals surface area contributed by atoms with Crippen molar-refractivity contribution in [2.75, 3.05) is 57.3 Å². The summed E-state index contributed by atoms with van der Waals surface area (Å²) in [5, 5.41) is 15.9. The summed E-state index contributed by atoms with van der Waals surface area (Å²) >= 11 is 0. The molecule has 0 aromatic heterocycles. The Balaban J connectivity index is 1.80. The van der Waals surface area contributed by atoms with Gasteiger partial charge in [-0.05, 0) is 55.9 Å². The summed E-state index contributed by atoms with van der Waals surface area (Å²) in [7, 11) is 0. The quantitative estimate of drug-likeness (QED) is 0.357. The highest BCUT2D eigenvalue weighted by atomic mass is 19.1. The Morgan fingerprint density at radius 2 is 1.75 bits per heavy atom. The van der Waals surface area contributed by atoms with Crippen LogP contribution in [0.2, 0.25) is 0 Å². The maximum atomic E-state index is 13.1. The van der Waals surface area contributed by atoms with Crippen molar-refractivity contribution < 1.29 is 14.3 Å². The highest BCUT2D eigenvalue weighted by molar-refractivity contribution is 5.81. The number of anilines is 1. The zero-order chi connectivity index (χ0) is 23.4. The summed E-state index contributed by atoms with van der Waals surface area (Å²) < 4.78 is 13.1. The van der Waals surface area contributed by atoms with Crippen LogP contribution in [-0.2, 0) is 4.79 Å². The lowest BCUT2D eigenvalue weighted by Gasteiger charge is -2.36. The van der Waals surface area contributed by atoms with E-state index in [0.717, 1.165) is 44.6 Å². The van der Waals surface area contributed by atoms with E-state index in [2.05, 4.69) is 29.4 Å². The number of guanidine groups is 1. The molecule has 1 fully saturated rings. The fourth-order valence-electron chi connectivity index (χ4n) is 4.04. The smallest absolute Gasteiger partial charge is 0.224 e. The molecule has 3 N–H and O–H groups in total. The molecule has 0 atom stereocenters. The molecule has 180 valence electrons. The van der Waals surface area contributed by atoms with Crippen LogP contribution in [-0.4, -0.2) is 74.3 Å². The zero-order valence-corrected chi connectivity index (χ0v) is 19.9. The minimum absolute atomic E-state index is 0.0110. The van der Waals surface area contributed by atoms with Crippen LogP contribution in [0.1, 0.15) is 46.5 Å². The van der Waals surface area contributed by atoms with E-state index in [-0.39, 0.29) is 23.7 Å². The number of hydrogen-bond acceptors (Lipinski definition) is 4. The third-order valence-corrected chi connectivity index (χ3v) is 6.51. The molecule has 1 aromatic carbocycles. The van der Waals surface area contributed by atoms with E-state index in [0.29, 0.717) is 38.6 Å². The summed E-state index contributed by atoms with van der Waals surface area (Å²) in [6.45, 7) is 11.2. The Morgan fingerprint density at radius 3 is 2.31 bits per heavy atom. The SMILES string of the molecule is CCNC(=NCC(CC)(CC)CCO)NCCC(=O)N1CCN(c2ccc(F)cc2)CC1. The van der Waals surface area contributed by atoms with Crippen LogP contribution in [0.25, 0.3) is 0 Å². The second-order valence-electron chi connectivity index (χ2n) is 8.40. The average molecular weight is 450 g/mol. The van der Waals surface area contributed by atoms with Gasteiger partial charge in [0.1, 0.15) is 5.82 Å². The number of benzene rings is 1. The standard InChI is InChI=1S/C24H40FN5O2/c1-4-24(5-2,12-18-31)19-28-23(26-6-3)27-13-11-22(32)30-16-14-29(15-17-30)21-9-7-20(25)8-10-21/h7-10,31H,4-6,11-19H2,1-3H3,(H2,26,27,28). The molecular formula is C24H40FN5O2. The van der Waals surface area contributed by atoms with Crippen molar-refractivity contribution in [2.45, 2.75) is 46.5 Å². The molecule has 1 saturated heterocycles. The zero-order valence-electron chi connectivity index (χ0n) is 19.9. The number of nitrogens with one attached hydrogen (secondary N) is 2. The second kappa shape index (κ2) is 13.3. The molecule has 1 aliphatic rings. The molecule has 8 heteroatoms. The van der Waals surface area contributed by atoms with Crippen LogP contribution in [0.5, 0.6) is 0 Å². The maximum absolute atomic E-state index is 13.1. The number of nitrogens with zero attached hydrogens (tertiary/aromatic N) is 3. The van der Waals surface area contributed by atoms with Crippen LogP contribution in [0.3, 0.4) is 0 Å². The predicted octanol–water partition coefficient (Wildman–Crippen LogP) is 2.61. The lowest BCUT2D eigenvalue weighted by Crippen LogP contribution is -2.49. The van der Waals surface area contributed by atoms with Crippen molar-refractivity contribution in [3.63, 3.8) is 0 Å². The van der Waals surface area contributed by atoms with E-state index < -0.39 is 0 Å². The first-order valence-corrected chi connectivity index (χ1v) is 11.9. The van der Waals surface area contributed by atoms with Crippen molar-refractivity contribution >= 4 is 17.6 Å². The van der Waals surface area contributed by atoms with E-state index in [4.69, 9.17) is 4.99 Å². The van der Waals surface area contributed by atoms with Crippen LogP contribution < -0.4 is 15.5 Å². The molecule has 0 aliphatic carbocycles. The molecule has 1 amide bonds. The summed E-state index contributed by atoms with van der Waals surface area (Å²) in [6.07, 6.45) is 3.08. The molecule has 0 bridgehead atoms. The molecule has 0 radical (unpaired) electrons. The number of amides is 1. The monoisotopic (exact) mass is 449 g/mol. The molecule has 7 nitrogen and oxygen atoms in total. The van der Waals surface area contributed by atoms with Crippen molar-refractivity contribution in [2.24, 2.45) is 10.4 Å². The first kappa shape index (κ1) is 25.9. The number of rotatable bonds is 11. The number of aliphatic imine (C=N–C) groups is 1. The normalized spacial score (nSPS) is 15.1. The molecular weight excluding hydrogens is 409 g/mol. The van der Waals surface area contributed by atoms with E-state index in [1.165, 1.54) is 12.1 Å². The Morgan fingerprint density at radius 1 is 1.09 bits per heavy atom. The van der Waals surface area contributed by atoms with Gasteiger partial charge in [0, 0.05) is 64.5 Å². The lowest BCUT2D eigenvalue weighted by atomic mass is 9.79. The summed E-state index contributed by atoms with van der Waals surface area (Å²) in [5.41, 5.74) is 1.00. The lowest BCUT2D eigenvalue weighted by molar-refractivity contribution is -0.131. The van der Waals surface area contributed by atoms with Crippen LogP contribution in [0.4, 0.5) is 10.1 Å². The van der Waals surface area contributed by atoms with Gasteiger partial charge in [-0.25, -0.2) is 4.39 Å². The Hall–Kier alpha value is -2.35. The number of aliphatic hydroxyl groups excluding tert-OH is 1. The Labute approximate surface area is 192 Å². The third-order valence-electron chi connectivity index (χ3n) is 6.51. The van der Waals surface area contributed by atoms with Gasteiger partial charge in [0.25, 0.3) is 0 Å². The van der Waals surface area contributed by atoms with E-state index in [9.17, 15) is 14.3 Å². The van der Waals surface area contributed by atoms with Gasteiger partial charge in [-0.2, -0.15) is 0 Å². The third kappa shape index (κ3) is 7.65. The number of hydrogen-bond donors (Lipinski definition) is 3. The van der Waals surface area contributed by atoms with Gasteiger partial charge in [-0.1, -0.05) is 13.8 Å². The first-order valence-electron chi connectivity index (χ1n) is 11.9. The molecule has 1 aromatic rings. The molecule has 1 heterocycles. The highest BCUT2D eigenvalue weighted by Gasteiger charge is 2.25. The molecule has 1 aliphatic heterocycles. The summed E-state index contributed by atoms with van der Waals surface area (Å²) in [4.78, 5) is 21.5. The van der Waals surface area contributed by atoms with Crippen molar-refractivity contribution in [1.82, 2.24) is 15.5 Å². The van der Waals surface area contributed by atoms with Gasteiger partial charge in [-0.3, -0.25) is 9.79 Å². The minimum atomic E-state index is -0.237. The molecule has 0 spiro atoms. The number of piperazine rings is 1. The van der Waals surface area contributed by atoms with Gasteiger partial charge < -0.3 is 25.5 Å². The molecule has 2 rings (SSSR count). The molecule has 0 saturated carbocycles. The van der Waals surface area contributed by atoms with Crippen LogP contribution in [0.15, 0.2) is 29.3 Å². The number of carbonyl (C=O) groups is 1. The van der Waals surface area contributed by atoms with Gasteiger partial charge in [0.15, 0.2) is 5.96 Å². The van der Waals surface area contributed by atoms with Crippen molar-refractivity contribution in [1.29, 1.82) is 0 Å². The van der Waals surface area contributed by atoms with Crippen molar-refractivity contribution in [3.05, 3.63) is 30.1 Å². The number of aliphatic hydroxyl groups is 1. The minimum Gasteiger partial charge on any atom is -0.396 e. The summed E-state index contributed by atoms with van der Waals surface area (Å²) in [5.74, 6) is 0.605. The average Bonchev–Trinajstić information content (AvgIpc) is 2.82. The van der Waals surface area contributed by atoms with Gasteiger partial charge in [0.2, 0.25) is 5.91 Å². The van der Waals surface area contributed by atoms with E-state index in [1.54, 1.807) is 12.1 Å². The van der Waals surface area contributed by atoms with E-state index >= 15 is 0 Å². The maximum Gasteiger partial charge on any atom is 0.224 e. The van der Waals surface area contributed by atoms with Gasteiger partial charge >= 0.3 is 0 Å². The fraction of sp³-hybridized carbons (Fsp3) is 0.667. The molecule has 32 heavy (non-hydrogen) atoms. The topological polar surface area (TPSA) is 80.2 Å². The predicted molar refractivity (Wildman–Crippen MR) is 129 cm³/mol. The molecule has 0 unspecified atom stereocenters. The van der Waals surface area contributed by atoms with Crippen LogP contribution >= 0.6 is 0 Å². The largest absolute Gasteiger partial charge is 0.396 e. The first-order chi connectivity index (χ1) is 15.5. The van der Waals surface area contributed by atoms with Crippen LogP contribution in [0, 0.1) is 11.2 Å². The fourth-order valence-corrected chi connectivity index (χ4v) is 4.04. The number of carbonyl (C=O) groups excluding carboxylic acids is 1. The summed E-state index contributed by atoms with van der Waals surface area (Å²) in [6, 6.07) is 6.50. The second-order valence-corrected chi connectivity index (χ2v) is 8.40. The Bertz CT molecular complexity index is 714. The number of halogens is 1. The van der Waals surface area contributed by atoms with Gasteiger partial charge in [0.05, 0.1) is 0 Å². The van der Waals surface area contributed by atoms with Gasteiger partial charge in [-0.15, -0.1) is 0 Å².